The fourth-order valence-corrected chi connectivity index (χ4v) is 3.42. The Bertz CT molecular complexity index is 1150. The van der Waals surface area contributed by atoms with Gasteiger partial charge in [0.05, 0.1) is 26.0 Å². The first-order chi connectivity index (χ1) is 16.2. The lowest BCUT2D eigenvalue weighted by molar-refractivity contribution is -0.274. The molecule has 3 aromatic rings. The number of rotatable bonds is 10. The molecule has 7 nitrogen and oxygen atoms in total. The number of nitrogens with zero attached hydrogens (tertiary/aromatic N) is 1. The number of benzene rings is 2. The molecular weight excluding hydrogens is 475 g/mol. The average molecular weight is 497 g/mol. The lowest BCUT2D eigenvalue weighted by atomic mass is 10.1. The van der Waals surface area contributed by atoms with E-state index in [0.29, 0.717) is 34.1 Å². The summed E-state index contributed by atoms with van der Waals surface area (Å²) >= 11 is 1.11. The van der Waals surface area contributed by atoms with Gasteiger partial charge >= 0.3 is 6.36 Å². The van der Waals surface area contributed by atoms with Crippen LogP contribution in [0.3, 0.4) is 0 Å². The third-order valence-electron chi connectivity index (χ3n) is 4.58. The molecule has 1 N–H and O–H groups in total. The summed E-state index contributed by atoms with van der Waals surface area (Å²) in [7, 11) is 2.97. The van der Waals surface area contributed by atoms with E-state index in [2.05, 4.69) is 4.74 Å². The fraction of sp³-hybridized carbons (Fsp3) is 0.261. The van der Waals surface area contributed by atoms with Gasteiger partial charge in [-0.3, -0.25) is 9.36 Å². The number of alkyl halides is 3. The van der Waals surface area contributed by atoms with Gasteiger partial charge in [0.15, 0.2) is 11.5 Å². The van der Waals surface area contributed by atoms with Crippen molar-refractivity contribution in [2.75, 3.05) is 26.6 Å². The standard InChI is InChI=1S/C23H22F3NO6S/c1-30-21-12-17(5-8-20(21)32-13-18(28)14-34-31-2)27-10-9-16(11-22(27)29)15-3-6-19(7-4-15)33-23(24,25)26/h3-12,18,28H,13-14H2,1-2H3. The highest BCUT2D eigenvalue weighted by Gasteiger charge is 2.31. The number of aliphatic hydroxyl groups excluding tert-OH is 1. The van der Waals surface area contributed by atoms with Crippen LogP contribution >= 0.6 is 12.0 Å². The van der Waals surface area contributed by atoms with Gasteiger partial charge in [-0.1, -0.05) is 12.1 Å². The minimum atomic E-state index is -4.77. The van der Waals surface area contributed by atoms with Crippen LogP contribution in [-0.2, 0) is 4.18 Å². The Morgan fingerprint density at radius 3 is 2.35 bits per heavy atom. The molecule has 1 atom stereocenters. The van der Waals surface area contributed by atoms with Crippen LogP contribution in [0.15, 0.2) is 65.6 Å². The molecule has 2 aromatic carbocycles. The van der Waals surface area contributed by atoms with Gasteiger partial charge in [-0.2, -0.15) is 0 Å². The maximum Gasteiger partial charge on any atom is 0.573 e. The maximum atomic E-state index is 12.7. The predicted octanol–water partition coefficient (Wildman–Crippen LogP) is 4.45. The zero-order valence-electron chi connectivity index (χ0n) is 18.2. The molecule has 1 unspecified atom stereocenters. The molecule has 0 saturated heterocycles. The zero-order chi connectivity index (χ0) is 24.7. The van der Waals surface area contributed by atoms with Gasteiger partial charge in [0.1, 0.15) is 12.4 Å². The van der Waals surface area contributed by atoms with Crippen LogP contribution in [0, 0.1) is 0 Å². The monoisotopic (exact) mass is 497 g/mol. The van der Waals surface area contributed by atoms with Crippen molar-refractivity contribution in [1.82, 2.24) is 4.57 Å². The molecule has 34 heavy (non-hydrogen) atoms. The summed E-state index contributed by atoms with van der Waals surface area (Å²) in [6, 6.07) is 13.2. The number of methoxy groups -OCH3 is 1. The Kier molecular flexibility index (Phi) is 8.48. The molecule has 11 heteroatoms. The number of aromatic nitrogens is 1. The van der Waals surface area contributed by atoms with Crippen LogP contribution in [0.5, 0.6) is 17.2 Å². The summed E-state index contributed by atoms with van der Waals surface area (Å²) in [5.74, 6) is 0.777. The summed E-state index contributed by atoms with van der Waals surface area (Å²) in [6.07, 6.45) is -3.95. The smallest absolute Gasteiger partial charge is 0.493 e. The second kappa shape index (κ2) is 11.3. The Labute approximate surface area is 197 Å². The Balaban J connectivity index is 1.77. The molecule has 0 bridgehead atoms. The van der Waals surface area contributed by atoms with Crippen molar-refractivity contribution in [1.29, 1.82) is 0 Å². The van der Waals surface area contributed by atoms with E-state index in [1.54, 1.807) is 30.5 Å². The van der Waals surface area contributed by atoms with Crippen LogP contribution < -0.4 is 19.8 Å². The molecule has 1 heterocycles. The van der Waals surface area contributed by atoms with Crippen molar-refractivity contribution in [2.45, 2.75) is 12.5 Å². The number of halogens is 3. The minimum Gasteiger partial charge on any atom is -0.493 e. The number of hydrogen-bond donors (Lipinski definition) is 1. The first-order valence-electron chi connectivity index (χ1n) is 9.94. The lowest BCUT2D eigenvalue weighted by Crippen LogP contribution is -2.20. The highest BCUT2D eigenvalue weighted by Crippen LogP contribution is 2.30. The number of hydrogen-bond acceptors (Lipinski definition) is 7. The Hall–Kier alpha value is -3.15. The van der Waals surface area contributed by atoms with Crippen molar-refractivity contribution in [3.8, 4) is 34.1 Å². The molecule has 182 valence electrons. The van der Waals surface area contributed by atoms with Gasteiger partial charge in [0.2, 0.25) is 0 Å². The average Bonchev–Trinajstić information content (AvgIpc) is 2.80. The number of pyridine rings is 1. The van der Waals surface area contributed by atoms with Gasteiger partial charge in [0, 0.05) is 24.1 Å². The van der Waals surface area contributed by atoms with Gasteiger partial charge in [0.25, 0.3) is 5.56 Å². The van der Waals surface area contributed by atoms with Crippen LogP contribution in [0.1, 0.15) is 0 Å². The van der Waals surface area contributed by atoms with Crippen molar-refractivity contribution in [2.24, 2.45) is 0 Å². The number of ether oxygens (including phenoxy) is 3. The molecule has 0 radical (unpaired) electrons. The SMILES string of the molecule is COSCC(O)COc1ccc(-n2ccc(-c3ccc(OC(F)(F)F)cc3)cc2=O)cc1OC. The van der Waals surface area contributed by atoms with E-state index in [1.807, 2.05) is 0 Å². The zero-order valence-corrected chi connectivity index (χ0v) is 19.1. The highest BCUT2D eigenvalue weighted by atomic mass is 32.2. The third kappa shape index (κ3) is 6.92. The first-order valence-corrected chi connectivity index (χ1v) is 10.8. The van der Waals surface area contributed by atoms with E-state index in [-0.39, 0.29) is 17.9 Å². The van der Waals surface area contributed by atoms with Crippen LogP contribution in [0.4, 0.5) is 13.2 Å². The summed E-state index contributed by atoms with van der Waals surface area (Å²) in [6.45, 7) is 0.0352. The van der Waals surface area contributed by atoms with E-state index in [9.17, 15) is 23.1 Å². The Morgan fingerprint density at radius 1 is 1.00 bits per heavy atom. The topological polar surface area (TPSA) is 79.1 Å². The largest absolute Gasteiger partial charge is 0.573 e. The third-order valence-corrected chi connectivity index (χ3v) is 5.33. The second-order valence-corrected chi connectivity index (χ2v) is 7.85. The van der Waals surface area contributed by atoms with Crippen molar-refractivity contribution >= 4 is 12.0 Å². The molecule has 0 fully saturated rings. The second-order valence-electron chi connectivity index (χ2n) is 6.95. The summed E-state index contributed by atoms with van der Waals surface area (Å²) in [4.78, 5) is 12.7. The highest BCUT2D eigenvalue weighted by molar-refractivity contribution is 7.94. The van der Waals surface area contributed by atoms with E-state index in [4.69, 9.17) is 13.7 Å². The van der Waals surface area contributed by atoms with Crippen LogP contribution in [-0.4, -0.2) is 48.7 Å². The van der Waals surface area contributed by atoms with Crippen molar-refractivity contribution < 1.29 is 36.7 Å². The van der Waals surface area contributed by atoms with E-state index in [0.717, 1.165) is 12.0 Å². The van der Waals surface area contributed by atoms with Crippen LogP contribution in [0.25, 0.3) is 16.8 Å². The summed E-state index contributed by atoms with van der Waals surface area (Å²) < 4.78 is 58.0. The lowest BCUT2D eigenvalue weighted by Gasteiger charge is -2.15. The molecule has 0 spiro atoms. The predicted molar refractivity (Wildman–Crippen MR) is 122 cm³/mol. The van der Waals surface area contributed by atoms with Crippen LogP contribution in [0.2, 0.25) is 0 Å². The molecule has 0 amide bonds. The molecule has 0 aliphatic rings. The Morgan fingerprint density at radius 2 is 1.74 bits per heavy atom. The van der Waals surface area contributed by atoms with Gasteiger partial charge in [-0.25, -0.2) is 0 Å². The summed E-state index contributed by atoms with van der Waals surface area (Å²) in [5.41, 5.74) is 1.26. The molecule has 0 aliphatic carbocycles. The molecular formula is C23H22F3NO6S. The molecule has 0 aliphatic heterocycles. The molecule has 3 rings (SSSR count). The van der Waals surface area contributed by atoms with Crippen molar-refractivity contribution in [3.05, 3.63) is 71.1 Å². The van der Waals surface area contributed by atoms with Gasteiger partial charge in [-0.15, -0.1) is 13.2 Å². The first kappa shape index (κ1) is 25.5. The molecule has 1 aromatic heterocycles. The van der Waals surface area contributed by atoms with Crippen molar-refractivity contribution in [3.63, 3.8) is 0 Å². The normalized spacial score (nSPS) is 12.3. The van der Waals surface area contributed by atoms with Gasteiger partial charge in [-0.05, 0) is 53.5 Å². The van der Waals surface area contributed by atoms with E-state index in [1.165, 1.54) is 49.1 Å². The number of aliphatic hydroxyl groups is 1. The van der Waals surface area contributed by atoms with E-state index < -0.39 is 12.5 Å². The quantitative estimate of drug-likeness (QED) is 0.415. The maximum absolute atomic E-state index is 12.7. The van der Waals surface area contributed by atoms with Gasteiger partial charge < -0.3 is 23.5 Å². The fourth-order valence-electron chi connectivity index (χ4n) is 3.03. The molecule has 0 saturated carbocycles. The summed E-state index contributed by atoms with van der Waals surface area (Å²) in [5, 5.41) is 9.89. The van der Waals surface area contributed by atoms with E-state index >= 15 is 0 Å². The minimum absolute atomic E-state index is 0.0352.